The number of thiophene rings is 1. The Labute approximate surface area is 139 Å². The van der Waals surface area contributed by atoms with Gasteiger partial charge in [0.25, 0.3) is 5.91 Å². The Morgan fingerprint density at radius 2 is 1.96 bits per heavy atom. The van der Waals surface area contributed by atoms with Gasteiger partial charge in [0.2, 0.25) is 0 Å². The molecule has 1 saturated heterocycles. The quantitative estimate of drug-likeness (QED) is 0.910. The van der Waals surface area contributed by atoms with Crippen LogP contribution in [0.2, 0.25) is 0 Å². The average Bonchev–Trinajstić information content (AvgIpc) is 3.00. The maximum atomic E-state index is 13.0. The second kappa shape index (κ2) is 6.06. The van der Waals surface area contributed by atoms with Gasteiger partial charge in [-0.25, -0.2) is 4.39 Å². The highest BCUT2D eigenvalue weighted by molar-refractivity contribution is 7.17. The first-order chi connectivity index (χ1) is 10.9. The first-order valence-corrected chi connectivity index (χ1v) is 8.59. The van der Waals surface area contributed by atoms with Crippen LogP contribution in [0.5, 0.6) is 0 Å². The van der Waals surface area contributed by atoms with Crippen molar-refractivity contribution in [2.75, 3.05) is 13.1 Å². The van der Waals surface area contributed by atoms with Crippen molar-refractivity contribution in [3.05, 3.63) is 47.1 Å². The van der Waals surface area contributed by atoms with E-state index in [1.807, 2.05) is 17.0 Å². The Bertz CT molecular complexity index is 708. The van der Waals surface area contributed by atoms with Crippen LogP contribution in [0.3, 0.4) is 0 Å². The fraction of sp³-hybridized carbons (Fsp3) is 0.389. The van der Waals surface area contributed by atoms with Crippen LogP contribution in [0.1, 0.15) is 29.9 Å². The summed E-state index contributed by atoms with van der Waals surface area (Å²) in [7, 11) is 0. The molecule has 2 N–H and O–H groups in total. The maximum Gasteiger partial charge on any atom is 0.263 e. The number of nitrogens with two attached hydrogens (primary N) is 1. The lowest BCUT2D eigenvalue weighted by atomic mass is 9.79. The van der Waals surface area contributed by atoms with Crippen LogP contribution < -0.4 is 5.73 Å². The van der Waals surface area contributed by atoms with Gasteiger partial charge in [-0.05, 0) is 41.7 Å². The highest BCUT2D eigenvalue weighted by Crippen LogP contribution is 2.32. The molecule has 0 bridgehead atoms. The Hall–Kier alpha value is -1.72. The number of amides is 1. The number of carbonyl (C=O) groups excluding carboxylic acids is 1. The molecule has 2 aromatic rings. The zero-order chi connectivity index (χ0) is 16.6. The van der Waals surface area contributed by atoms with Gasteiger partial charge in [0.15, 0.2) is 0 Å². The molecular formula is C18H21FN2OS. The number of halogens is 1. The Morgan fingerprint density at radius 3 is 2.61 bits per heavy atom. The molecule has 3 rings (SSSR count). The van der Waals surface area contributed by atoms with E-state index in [0.29, 0.717) is 13.1 Å². The summed E-state index contributed by atoms with van der Waals surface area (Å²) < 4.78 is 13.0. The molecule has 1 atom stereocenters. The zero-order valence-electron chi connectivity index (χ0n) is 13.4. The average molecular weight is 332 g/mol. The summed E-state index contributed by atoms with van der Waals surface area (Å²) in [5.41, 5.74) is 7.00. The Balaban J connectivity index is 1.77. The fourth-order valence-electron chi connectivity index (χ4n) is 2.93. The van der Waals surface area contributed by atoms with Crippen LogP contribution in [0.25, 0.3) is 10.4 Å². The number of hydrogen-bond acceptors (Lipinski definition) is 3. The van der Waals surface area contributed by atoms with Crippen molar-refractivity contribution in [2.24, 2.45) is 11.1 Å². The van der Waals surface area contributed by atoms with Gasteiger partial charge >= 0.3 is 0 Å². The largest absolute Gasteiger partial charge is 0.337 e. The van der Waals surface area contributed by atoms with Crippen LogP contribution in [0, 0.1) is 11.2 Å². The number of rotatable bonds is 2. The molecule has 5 heteroatoms. The number of nitrogens with zero attached hydrogens (tertiary/aromatic N) is 1. The van der Waals surface area contributed by atoms with Crippen molar-refractivity contribution in [1.29, 1.82) is 0 Å². The van der Waals surface area contributed by atoms with E-state index in [4.69, 9.17) is 5.73 Å². The highest BCUT2D eigenvalue weighted by Gasteiger charge is 2.35. The summed E-state index contributed by atoms with van der Waals surface area (Å²) in [6.07, 6.45) is 0.828. The van der Waals surface area contributed by atoms with E-state index < -0.39 is 0 Å². The Kier molecular flexibility index (Phi) is 4.25. The standard InChI is InChI=1S/C18H21FN2OS/c1-18(2)11-21(10-9-16(18)20)17(22)15-8-7-14(23-15)12-3-5-13(19)6-4-12/h3-8,16H,9-11,20H2,1-2H3. The number of piperidine rings is 1. The van der Waals surface area contributed by atoms with Crippen molar-refractivity contribution in [2.45, 2.75) is 26.3 Å². The summed E-state index contributed by atoms with van der Waals surface area (Å²) >= 11 is 1.45. The molecule has 0 spiro atoms. The lowest BCUT2D eigenvalue weighted by Gasteiger charge is -2.42. The third-order valence-corrected chi connectivity index (χ3v) is 5.67. The van der Waals surface area contributed by atoms with Crippen molar-refractivity contribution in [3.8, 4) is 10.4 Å². The number of likely N-dealkylation sites (tertiary alicyclic amines) is 1. The third-order valence-electron chi connectivity index (χ3n) is 4.54. The molecule has 1 aliphatic rings. The minimum absolute atomic E-state index is 0.0586. The molecule has 1 amide bonds. The number of benzene rings is 1. The van der Waals surface area contributed by atoms with E-state index in [1.54, 1.807) is 12.1 Å². The molecule has 1 aliphatic heterocycles. The number of carbonyl (C=O) groups is 1. The van der Waals surface area contributed by atoms with Crippen molar-refractivity contribution < 1.29 is 9.18 Å². The lowest BCUT2D eigenvalue weighted by molar-refractivity contribution is 0.0537. The third kappa shape index (κ3) is 3.31. The molecule has 23 heavy (non-hydrogen) atoms. The maximum absolute atomic E-state index is 13.0. The van der Waals surface area contributed by atoms with Gasteiger partial charge in [-0.3, -0.25) is 4.79 Å². The van der Waals surface area contributed by atoms with Crippen LogP contribution in [-0.2, 0) is 0 Å². The number of hydrogen-bond donors (Lipinski definition) is 1. The van der Waals surface area contributed by atoms with E-state index in [1.165, 1.54) is 23.5 Å². The van der Waals surface area contributed by atoms with Crippen molar-refractivity contribution in [1.82, 2.24) is 4.90 Å². The van der Waals surface area contributed by atoms with E-state index in [9.17, 15) is 9.18 Å². The molecular weight excluding hydrogens is 311 g/mol. The van der Waals surface area contributed by atoms with Crippen LogP contribution in [0.15, 0.2) is 36.4 Å². The molecule has 2 heterocycles. The predicted octanol–water partition coefficient (Wildman–Crippen LogP) is 3.75. The van der Waals surface area contributed by atoms with Gasteiger partial charge in [-0.1, -0.05) is 26.0 Å². The van der Waals surface area contributed by atoms with Crippen molar-refractivity contribution >= 4 is 17.2 Å². The molecule has 1 fully saturated rings. The summed E-state index contributed by atoms with van der Waals surface area (Å²) in [5.74, 6) is -0.197. The monoisotopic (exact) mass is 332 g/mol. The minimum Gasteiger partial charge on any atom is -0.337 e. The summed E-state index contributed by atoms with van der Waals surface area (Å²) in [5, 5.41) is 0. The fourth-order valence-corrected chi connectivity index (χ4v) is 3.90. The topological polar surface area (TPSA) is 46.3 Å². The lowest BCUT2D eigenvalue weighted by Crippen LogP contribution is -2.53. The predicted molar refractivity (Wildman–Crippen MR) is 92.0 cm³/mol. The molecule has 0 saturated carbocycles. The van der Waals surface area contributed by atoms with Crippen LogP contribution in [-0.4, -0.2) is 29.9 Å². The van der Waals surface area contributed by atoms with E-state index in [0.717, 1.165) is 21.7 Å². The Morgan fingerprint density at radius 1 is 1.26 bits per heavy atom. The van der Waals surface area contributed by atoms with Crippen LogP contribution >= 0.6 is 11.3 Å². The summed E-state index contributed by atoms with van der Waals surface area (Å²) in [6, 6.07) is 10.2. The van der Waals surface area contributed by atoms with Gasteiger partial charge in [0.1, 0.15) is 5.82 Å². The summed E-state index contributed by atoms with van der Waals surface area (Å²) in [6.45, 7) is 5.59. The van der Waals surface area contributed by atoms with E-state index in [2.05, 4.69) is 13.8 Å². The molecule has 3 nitrogen and oxygen atoms in total. The normalized spacial score (nSPS) is 20.5. The van der Waals surface area contributed by atoms with E-state index in [-0.39, 0.29) is 23.2 Å². The SMILES string of the molecule is CC1(C)CN(C(=O)c2ccc(-c3ccc(F)cc3)s2)CCC1N. The highest BCUT2D eigenvalue weighted by atomic mass is 32.1. The minimum atomic E-state index is -0.256. The molecule has 1 aromatic heterocycles. The zero-order valence-corrected chi connectivity index (χ0v) is 14.2. The van der Waals surface area contributed by atoms with Gasteiger partial charge in [0.05, 0.1) is 4.88 Å². The van der Waals surface area contributed by atoms with Gasteiger partial charge < -0.3 is 10.6 Å². The van der Waals surface area contributed by atoms with E-state index >= 15 is 0 Å². The molecule has 0 radical (unpaired) electrons. The van der Waals surface area contributed by atoms with Gasteiger partial charge in [0, 0.05) is 24.0 Å². The van der Waals surface area contributed by atoms with Crippen LogP contribution in [0.4, 0.5) is 4.39 Å². The molecule has 0 aliphatic carbocycles. The van der Waals surface area contributed by atoms with Gasteiger partial charge in [-0.15, -0.1) is 11.3 Å². The van der Waals surface area contributed by atoms with Gasteiger partial charge in [-0.2, -0.15) is 0 Å². The smallest absolute Gasteiger partial charge is 0.263 e. The second-order valence-corrected chi connectivity index (χ2v) is 7.87. The molecule has 1 aromatic carbocycles. The molecule has 1 unspecified atom stereocenters. The second-order valence-electron chi connectivity index (χ2n) is 6.78. The summed E-state index contributed by atoms with van der Waals surface area (Å²) in [4.78, 5) is 16.3. The first-order valence-electron chi connectivity index (χ1n) is 7.77. The first kappa shape index (κ1) is 16.1. The van der Waals surface area contributed by atoms with Crippen molar-refractivity contribution in [3.63, 3.8) is 0 Å². The molecule has 122 valence electrons.